The van der Waals surface area contributed by atoms with Gasteiger partial charge in [-0.25, -0.2) is 4.79 Å². The van der Waals surface area contributed by atoms with Gasteiger partial charge in [-0.3, -0.25) is 0 Å². The van der Waals surface area contributed by atoms with Crippen molar-refractivity contribution >= 4 is 23.1 Å². The standard InChI is InChI=1S/C17H20N2O3S/c1-21-12-7-8-13(15(11-12)22-2)18-17(20)19-9-3-5-14(19)16-6-4-10-23-16/h4,6-8,10-11,14H,3,5,9H2,1-2H3,(H,18,20). The van der Waals surface area contributed by atoms with Gasteiger partial charge in [-0.2, -0.15) is 0 Å². The average Bonchev–Trinajstić information content (AvgIpc) is 3.25. The van der Waals surface area contributed by atoms with Crippen molar-refractivity contribution in [1.82, 2.24) is 4.90 Å². The Bertz CT molecular complexity index is 672. The zero-order chi connectivity index (χ0) is 16.2. The Morgan fingerprint density at radius 3 is 2.87 bits per heavy atom. The molecule has 2 heterocycles. The van der Waals surface area contributed by atoms with E-state index in [1.807, 2.05) is 11.0 Å². The molecule has 0 bridgehead atoms. The van der Waals surface area contributed by atoms with E-state index in [-0.39, 0.29) is 12.1 Å². The largest absolute Gasteiger partial charge is 0.497 e. The van der Waals surface area contributed by atoms with Gasteiger partial charge >= 0.3 is 6.03 Å². The summed E-state index contributed by atoms with van der Waals surface area (Å²) >= 11 is 1.70. The summed E-state index contributed by atoms with van der Waals surface area (Å²) in [6.07, 6.45) is 2.03. The van der Waals surface area contributed by atoms with Crippen molar-refractivity contribution in [2.75, 3.05) is 26.1 Å². The van der Waals surface area contributed by atoms with E-state index in [4.69, 9.17) is 9.47 Å². The van der Waals surface area contributed by atoms with E-state index >= 15 is 0 Å². The minimum Gasteiger partial charge on any atom is -0.497 e. The van der Waals surface area contributed by atoms with Crippen LogP contribution in [0.15, 0.2) is 35.7 Å². The Labute approximate surface area is 139 Å². The zero-order valence-electron chi connectivity index (χ0n) is 13.2. The van der Waals surface area contributed by atoms with Gasteiger partial charge in [-0.1, -0.05) is 6.07 Å². The molecule has 1 aromatic heterocycles. The number of carbonyl (C=O) groups is 1. The lowest BCUT2D eigenvalue weighted by Gasteiger charge is -2.24. The molecular weight excluding hydrogens is 312 g/mol. The first kappa shape index (κ1) is 15.7. The number of thiophene rings is 1. The molecule has 1 atom stereocenters. The number of likely N-dealkylation sites (tertiary alicyclic amines) is 1. The number of hydrogen-bond acceptors (Lipinski definition) is 4. The van der Waals surface area contributed by atoms with Crippen LogP contribution in [0.5, 0.6) is 11.5 Å². The molecule has 1 aromatic carbocycles. The number of urea groups is 1. The van der Waals surface area contributed by atoms with Gasteiger partial charge in [0.15, 0.2) is 0 Å². The molecule has 23 heavy (non-hydrogen) atoms. The minimum absolute atomic E-state index is 0.0932. The predicted octanol–water partition coefficient (Wildman–Crippen LogP) is 4.13. The Kier molecular flexibility index (Phi) is 4.71. The van der Waals surface area contributed by atoms with E-state index in [9.17, 15) is 4.79 Å². The second kappa shape index (κ2) is 6.91. The first-order valence-corrected chi connectivity index (χ1v) is 8.44. The Hall–Kier alpha value is -2.21. The second-order valence-electron chi connectivity index (χ2n) is 5.36. The topological polar surface area (TPSA) is 50.8 Å². The van der Waals surface area contributed by atoms with Crippen molar-refractivity contribution in [2.45, 2.75) is 18.9 Å². The van der Waals surface area contributed by atoms with Crippen molar-refractivity contribution in [3.8, 4) is 11.5 Å². The number of hydrogen-bond donors (Lipinski definition) is 1. The highest BCUT2D eigenvalue weighted by molar-refractivity contribution is 7.10. The van der Waals surface area contributed by atoms with Crippen LogP contribution in [0.1, 0.15) is 23.8 Å². The number of rotatable bonds is 4. The van der Waals surface area contributed by atoms with E-state index in [1.165, 1.54) is 4.88 Å². The molecule has 1 saturated heterocycles. The summed E-state index contributed by atoms with van der Waals surface area (Å²) in [6.45, 7) is 0.771. The summed E-state index contributed by atoms with van der Waals surface area (Å²) < 4.78 is 10.5. The molecule has 0 aliphatic carbocycles. The molecular formula is C17H20N2O3S. The van der Waals surface area contributed by atoms with Crippen molar-refractivity contribution < 1.29 is 14.3 Å². The summed E-state index contributed by atoms with van der Waals surface area (Å²) in [5, 5.41) is 5.01. The maximum absolute atomic E-state index is 12.7. The molecule has 0 radical (unpaired) electrons. The van der Waals surface area contributed by atoms with Gasteiger partial charge in [0.05, 0.1) is 25.9 Å². The van der Waals surface area contributed by atoms with Crippen LogP contribution < -0.4 is 14.8 Å². The SMILES string of the molecule is COc1ccc(NC(=O)N2CCCC2c2cccs2)c(OC)c1. The number of methoxy groups -OCH3 is 2. The Morgan fingerprint density at radius 1 is 1.30 bits per heavy atom. The van der Waals surface area contributed by atoms with Crippen LogP contribution in [-0.2, 0) is 0 Å². The third-order valence-corrected chi connectivity index (χ3v) is 5.01. The number of nitrogens with one attached hydrogen (secondary N) is 1. The van der Waals surface area contributed by atoms with Crippen LogP contribution in [0.3, 0.4) is 0 Å². The smallest absolute Gasteiger partial charge is 0.322 e. The Balaban J connectivity index is 1.76. The molecule has 122 valence electrons. The lowest BCUT2D eigenvalue weighted by atomic mass is 10.2. The number of ether oxygens (including phenoxy) is 2. The maximum Gasteiger partial charge on any atom is 0.322 e. The van der Waals surface area contributed by atoms with Crippen molar-refractivity contribution in [3.05, 3.63) is 40.6 Å². The summed E-state index contributed by atoms with van der Waals surface area (Å²) in [7, 11) is 3.18. The third-order valence-electron chi connectivity index (χ3n) is 4.04. The molecule has 3 rings (SSSR count). The number of nitrogens with zero attached hydrogens (tertiary/aromatic N) is 1. The highest BCUT2D eigenvalue weighted by Crippen LogP contribution is 2.36. The van der Waals surface area contributed by atoms with Crippen LogP contribution in [0.2, 0.25) is 0 Å². The van der Waals surface area contributed by atoms with Gasteiger partial charge in [-0.05, 0) is 36.4 Å². The molecule has 1 aliphatic rings. The normalized spacial score (nSPS) is 17.1. The summed E-state index contributed by atoms with van der Waals surface area (Å²) in [5.41, 5.74) is 0.648. The fourth-order valence-corrected chi connectivity index (χ4v) is 3.75. The van der Waals surface area contributed by atoms with Crippen LogP contribution in [-0.4, -0.2) is 31.7 Å². The van der Waals surface area contributed by atoms with Gasteiger partial charge < -0.3 is 19.7 Å². The van der Waals surface area contributed by atoms with Gasteiger partial charge in [0.25, 0.3) is 0 Å². The van der Waals surface area contributed by atoms with Crippen LogP contribution in [0.25, 0.3) is 0 Å². The van der Waals surface area contributed by atoms with E-state index in [2.05, 4.69) is 16.8 Å². The van der Waals surface area contributed by atoms with Gasteiger partial charge in [0.2, 0.25) is 0 Å². The van der Waals surface area contributed by atoms with E-state index in [0.717, 1.165) is 19.4 Å². The molecule has 2 amide bonds. The van der Waals surface area contributed by atoms with Gasteiger partial charge in [0.1, 0.15) is 11.5 Å². The average molecular weight is 332 g/mol. The molecule has 5 nitrogen and oxygen atoms in total. The monoisotopic (exact) mass is 332 g/mol. The van der Waals surface area contributed by atoms with E-state index in [0.29, 0.717) is 17.2 Å². The minimum atomic E-state index is -0.0932. The first-order chi connectivity index (χ1) is 11.2. The van der Waals surface area contributed by atoms with E-state index in [1.54, 1.807) is 43.8 Å². The molecule has 1 unspecified atom stereocenters. The molecule has 1 aliphatic heterocycles. The van der Waals surface area contributed by atoms with Gasteiger partial charge in [-0.15, -0.1) is 11.3 Å². The fourth-order valence-electron chi connectivity index (χ4n) is 2.88. The van der Waals surface area contributed by atoms with Crippen molar-refractivity contribution in [1.29, 1.82) is 0 Å². The third kappa shape index (κ3) is 3.27. The number of benzene rings is 1. The highest BCUT2D eigenvalue weighted by Gasteiger charge is 2.30. The van der Waals surface area contributed by atoms with Gasteiger partial charge in [0, 0.05) is 17.5 Å². The highest BCUT2D eigenvalue weighted by atomic mass is 32.1. The van der Waals surface area contributed by atoms with E-state index < -0.39 is 0 Å². The number of amides is 2. The molecule has 2 aromatic rings. The summed E-state index contributed by atoms with van der Waals surface area (Å²) in [6, 6.07) is 9.56. The second-order valence-corrected chi connectivity index (χ2v) is 6.34. The maximum atomic E-state index is 12.7. The summed E-state index contributed by atoms with van der Waals surface area (Å²) in [4.78, 5) is 15.8. The molecule has 1 N–H and O–H groups in total. The predicted molar refractivity (Wildman–Crippen MR) is 91.6 cm³/mol. The molecule has 1 fully saturated rings. The fraction of sp³-hybridized carbons (Fsp3) is 0.353. The first-order valence-electron chi connectivity index (χ1n) is 7.56. The lowest BCUT2D eigenvalue weighted by molar-refractivity contribution is 0.207. The quantitative estimate of drug-likeness (QED) is 0.916. The Morgan fingerprint density at radius 2 is 2.17 bits per heavy atom. The number of anilines is 1. The summed E-state index contributed by atoms with van der Waals surface area (Å²) in [5.74, 6) is 1.28. The molecule has 0 saturated carbocycles. The lowest BCUT2D eigenvalue weighted by Crippen LogP contribution is -2.34. The van der Waals surface area contributed by atoms with Crippen molar-refractivity contribution in [2.24, 2.45) is 0 Å². The van der Waals surface area contributed by atoms with Crippen LogP contribution in [0.4, 0.5) is 10.5 Å². The number of carbonyl (C=O) groups excluding carboxylic acids is 1. The van der Waals surface area contributed by atoms with Crippen LogP contribution in [0, 0.1) is 0 Å². The van der Waals surface area contributed by atoms with Crippen molar-refractivity contribution in [3.63, 3.8) is 0 Å². The zero-order valence-corrected chi connectivity index (χ0v) is 14.1. The molecule has 0 spiro atoms. The van der Waals surface area contributed by atoms with Crippen LogP contribution >= 0.6 is 11.3 Å². The molecule has 6 heteroatoms.